The Bertz CT molecular complexity index is 1650. The molecular formula is C72H125NO8. The monoisotopic (exact) mass is 1130 g/mol. The topological polar surface area (TPSA) is 111 Å². The number of carboxylic acids is 1. The van der Waals surface area contributed by atoms with Gasteiger partial charge >= 0.3 is 11.9 Å². The number of rotatable bonds is 61. The van der Waals surface area contributed by atoms with Crippen molar-refractivity contribution in [3.63, 3.8) is 0 Å². The molecule has 0 aromatic rings. The summed E-state index contributed by atoms with van der Waals surface area (Å²) in [5, 5.41) is 11.8. The molecule has 0 amide bonds. The molecule has 0 aliphatic rings. The van der Waals surface area contributed by atoms with Gasteiger partial charge in [-0.05, 0) is 96.3 Å². The molecule has 0 bridgehead atoms. The van der Waals surface area contributed by atoms with Crippen molar-refractivity contribution in [1.29, 1.82) is 0 Å². The van der Waals surface area contributed by atoms with Crippen LogP contribution in [-0.4, -0.2) is 82.3 Å². The Hall–Kier alpha value is -3.79. The minimum atomic E-state index is -1.63. The summed E-state index contributed by atoms with van der Waals surface area (Å²) >= 11 is 0. The first-order chi connectivity index (χ1) is 39.6. The molecule has 9 heteroatoms. The molecular weight excluding hydrogens is 1010 g/mol. The van der Waals surface area contributed by atoms with Gasteiger partial charge in [-0.3, -0.25) is 9.59 Å². The molecule has 0 aliphatic carbocycles. The third kappa shape index (κ3) is 63.6. The smallest absolute Gasteiger partial charge is 0.306 e. The first-order valence-electron chi connectivity index (χ1n) is 33.4. The van der Waals surface area contributed by atoms with Crippen molar-refractivity contribution < 1.29 is 42.9 Å². The third-order valence-electron chi connectivity index (χ3n) is 14.3. The van der Waals surface area contributed by atoms with Gasteiger partial charge in [-0.15, -0.1) is 0 Å². The number of carbonyl (C=O) groups excluding carboxylic acids is 3. The van der Waals surface area contributed by atoms with Gasteiger partial charge in [0.25, 0.3) is 0 Å². The highest BCUT2D eigenvalue weighted by Gasteiger charge is 2.22. The molecule has 9 nitrogen and oxygen atoms in total. The Kier molecular flexibility index (Phi) is 59.3. The number of unbranched alkanes of at least 4 members (excludes halogenated alkanes) is 30. The lowest BCUT2D eigenvalue weighted by Crippen LogP contribution is -2.44. The molecule has 0 fully saturated rings. The summed E-state index contributed by atoms with van der Waals surface area (Å²) in [5.74, 6) is -2.29. The van der Waals surface area contributed by atoms with Gasteiger partial charge in [0.05, 0.1) is 40.3 Å². The van der Waals surface area contributed by atoms with E-state index in [0.717, 1.165) is 89.9 Å². The number of likely N-dealkylation sites (N-methyl/N-ethyl adjacent to an activating group) is 1. The normalized spacial score (nSPS) is 13.3. The van der Waals surface area contributed by atoms with Crippen LogP contribution in [0, 0.1) is 0 Å². The molecule has 2 atom stereocenters. The zero-order chi connectivity index (χ0) is 59.1. The van der Waals surface area contributed by atoms with Crippen LogP contribution in [0.5, 0.6) is 0 Å². The van der Waals surface area contributed by atoms with Crippen LogP contribution in [0.2, 0.25) is 0 Å². The van der Waals surface area contributed by atoms with Crippen molar-refractivity contribution >= 4 is 17.9 Å². The van der Waals surface area contributed by atoms with Crippen LogP contribution in [0.1, 0.15) is 284 Å². The average molecular weight is 1130 g/mol. The van der Waals surface area contributed by atoms with Crippen molar-refractivity contribution in [1.82, 2.24) is 0 Å². The molecule has 81 heavy (non-hydrogen) atoms. The van der Waals surface area contributed by atoms with Crippen molar-refractivity contribution in [3.8, 4) is 0 Å². The summed E-state index contributed by atoms with van der Waals surface area (Å²) in [6, 6.07) is 0. The summed E-state index contributed by atoms with van der Waals surface area (Å²) in [4.78, 5) is 37.4. The second-order valence-electron chi connectivity index (χ2n) is 23.4. The number of carboxylic acid groups (broad SMARTS) is 1. The van der Waals surface area contributed by atoms with E-state index in [-0.39, 0.29) is 38.6 Å². The SMILES string of the molecule is CC/C=C\C/C=C\C/C=C\C/C=C\C/C=C\CCCCCCCCCC(=O)OC(COC(=O)CCCCCCCCCCCCCCCCCCCC/C=C\C/C=C\C/C=C\CCCCCCC)COC(OCC[N+](C)(C)C)C(=O)[O-]. The van der Waals surface area contributed by atoms with Gasteiger partial charge in [0.1, 0.15) is 13.2 Å². The molecule has 0 aromatic carbocycles. The highest BCUT2D eigenvalue weighted by Crippen LogP contribution is 2.17. The number of esters is 2. The number of allylic oxidation sites excluding steroid dienone is 16. The van der Waals surface area contributed by atoms with Crippen molar-refractivity contribution in [2.45, 2.75) is 296 Å². The Morgan fingerprint density at radius 3 is 1.05 bits per heavy atom. The van der Waals surface area contributed by atoms with E-state index in [1.165, 1.54) is 161 Å². The van der Waals surface area contributed by atoms with E-state index in [9.17, 15) is 19.5 Å². The Balaban J connectivity index is 4.13. The maximum atomic E-state index is 12.9. The number of ether oxygens (including phenoxy) is 4. The van der Waals surface area contributed by atoms with E-state index in [4.69, 9.17) is 18.9 Å². The Morgan fingerprint density at radius 2 is 0.704 bits per heavy atom. The van der Waals surface area contributed by atoms with E-state index in [0.29, 0.717) is 17.4 Å². The first kappa shape index (κ1) is 77.2. The van der Waals surface area contributed by atoms with Crippen LogP contribution in [0.4, 0.5) is 0 Å². The molecule has 0 aliphatic heterocycles. The summed E-state index contributed by atoms with van der Waals surface area (Å²) in [6.45, 7) is 4.63. The second-order valence-corrected chi connectivity index (χ2v) is 23.4. The average Bonchev–Trinajstić information content (AvgIpc) is 3.44. The summed E-state index contributed by atoms with van der Waals surface area (Å²) in [5.41, 5.74) is 0. The minimum absolute atomic E-state index is 0.142. The van der Waals surface area contributed by atoms with Crippen molar-refractivity contribution in [2.75, 3.05) is 47.5 Å². The van der Waals surface area contributed by atoms with Gasteiger partial charge in [-0.2, -0.15) is 0 Å². The lowest BCUT2D eigenvalue weighted by atomic mass is 10.0. The molecule has 0 heterocycles. The molecule has 0 rings (SSSR count). The van der Waals surface area contributed by atoms with E-state index >= 15 is 0 Å². The molecule has 0 N–H and O–H groups in total. The fraction of sp³-hybridized carbons (Fsp3) is 0.736. The van der Waals surface area contributed by atoms with Gasteiger partial charge in [-0.1, -0.05) is 272 Å². The largest absolute Gasteiger partial charge is 0.545 e. The minimum Gasteiger partial charge on any atom is -0.545 e. The first-order valence-corrected chi connectivity index (χ1v) is 33.4. The van der Waals surface area contributed by atoms with Crippen LogP contribution >= 0.6 is 0 Å². The summed E-state index contributed by atoms with van der Waals surface area (Å²) in [7, 11) is 5.92. The quantitative estimate of drug-likeness (QED) is 0.0195. The Labute approximate surface area is 499 Å². The maximum Gasteiger partial charge on any atom is 0.306 e. The molecule has 466 valence electrons. The van der Waals surface area contributed by atoms with Crippen LogP contribution < -0.4 is 5.11 Å². The second kappa shape index (κ2) is 62.3. The fourth-order valence-corrected chi connectivity index (χ4v) is 9.22. The van der Waals surface area contributed by atoms with E-state index in [2.05, 4.69) is 111 Å². The highest BCUT2D eigenvalue weighted by atomic mass is 16.7. The predicted molar refractivity (Wildman–Crippen MR) is 343 cm³/mol. The standard InChI is InChI=1S/C72H125NO8/c1-6-8-10-12-14-16-18-20-22-24-26-28-30-31-32-33-34-35-36-37-38-39-41-42-44-46-48-50-52-54-56-58-60-62-69(74)79-66-68(67-80-72(71(76)77)78-65-64-73(3,4)5)81-70(75)63-61-59-57-55-53-51-49-47-45-43-40-29-27-25-23-21-19-17-15-13-11-9-7-2/h9,11,15,17-18,20-21,23-24,26-27,29-31,43,45,68,72H,6-8,10,12-14,16,19,22,25,28,32-42,44,46-67H2,1-5H3/b11-9-,17-15-,20-18-,23-21-,26-24-,29-27-,31-30-,45-43-. The van der Waals surface area contributed by atoms with Crippen LogP contribution in [0.3, 0.4) is 0 Å². The van der Waals surface area contributed by atoms with Crippen LogP contribution in [0.15, 0.2) is 97.2 Å². The molecule has 2 unspecified atom stereocenters. The number of nitrogens with zero attached hydrogens (tertiary/aromatic N) is 1. The lowest BCUT2D eigenvalue weighted by molar-refractivity contribution is -0.870. The molecule has 0 saturated carbocycles. The van der Waals surface area contributed by atoms with E-state index in [1.807, 2.05) is 21.1 Å². The predicted octanol–water partition coefficient (Wildman–Crippen LogP) is 19.1. The third-order valence-corrected chi connectivity index (χ3v) is 14.3. The van der Waals surface area contributed by atoms with Gasteiger partial charge in [0.2, 0.25) is 0 Å². The number of aliphatic carboxylic acids is 1. The summed E-state index contributed by atoms with van der Waals surface area (Å²) < 4.78 is 22.8. The number of hydrogen-bond acceptors (Lipinski definition) is 8. The van der Waals surface area contributed by atoms with E-state index in [1.54, 1.807) is 0 Å². The van der Waals surface area contributed by atoms with Gasteiger partial charge in [-0.25, -0.2) is 0 Å². The van der Waals surface area contributed by atoms with Crippen molar-refractivity contribution in [3.05, 3.63) is 97.2 Å². The van der Waals surface area contributed by atoms with Crippen LogP contribution in [-0.2, 0) is 33.3 Å². The molecule has 0 saturated heterocycles. The number of carbonyl (C=O) groups is 3. The lowest BCUT2D eigenvalue weighted by Gasteiger charge is -2.26. The summed E-state index contributed by atoms with van der Waals surface area (Å²) in [6.07, 6.45) is 81.9. The van der Waals surface area contributed by atoms with Gasteiger partial charge < -0.3 is 33.3 Å². The zero-order valence-electron chi connectivity index (χ0n) is 53.1. The zero-order valence-corrected chi connectivity index (χ0v) is 53.1. The highest BCUT2D eigenvalue weighted by molar-refractivity contribution is 5.70. The number of hydrogen-bond donors (Lipinski definition) is 0. The number of quaternary nitrogens is 1. The van der Waals surface area contributed by atoms with Gasteiger partial charge in [0, 0.05) is 12.8 Å². The maximum absolute atomic E-state index is 12.9. The molecule has 0 radical (unpaired) electrons. The van der Waals surface area contributed by atoms with Gasteiger partial charge in [0.15, 0.2) is 12.4 Å². The van der Waals surface area contributed by atoms with Crippen LogP contribution in [0.25, 0.3) is 0 Å². The molecule has 0 aromatic heterocycles. The molecule has 0 spiro atoms. The fourth-order valence-electron chi connectivity index (χ4n) is 9.22. The van der Waals surface area contributed by atoms with Crippen molar-refractivity contribution in [2.24, 2.45) is 0 Å². The van der Waals surface area contributed by atoms with E-state index < -0.39 is 24.3 Å². The Morgan fingerprint density at radius 1 is 0.383 bits per heavy atom.